The fraction of sp³-hybridized carbons (Fsp3) is 0.269. The van der Waals surface area contributed by atoms with E-state index < -0.39 is 46.8 Å². The molecule has 0 aliphatic rings. The zero-order valence-corrected chi connectivity index (χ0v) is 21.8. The first-order chi connectivity index (χ1) is 18.0. The number of hydrogen-bond donors (Lipinski definition) is 2. The molecule has 2 amide bonds. The summed E-state index contributed by atoms with van der Waals surface area (Å²) in [5.41, 5.74) is -2.25. The summed E-state index contributed by atoms with van der Waals surface area (Å²) in [6.07, 6.45) is -10.3. The minimum absolute atomic E-state index is 0.0200. The molecule has 0 unspecified atom stereocenters. The van der Waals surface area contributed by atoms with Crippen LogP contribution in [0.1, 0.15) is 65.1 Å². The molecule has 39 heavy (non-hydrogen) atoms. The highest BCUT2D eigenvalue weighted by molar-refractivity contribution is 7.19. The Morgan fingerprint density at radius 1 is 0.846 bits per heavy atom. The summed E-state index contributed by atoms with van der Waals surface area (Å²) in [6.45, 7) is 6.47. The first-order valence-electron chi connectivity index (χ1n) is 11.3. The van der Waals surface area contributed by atoms with Crippen molar-refractivity contribution in [1.29, 1.82) is 0 Å². The summed E-state index contributed by atoms with van der Waals surface area (Å²) in [5, 5.41) is 4.61. The number of halogens is 6. The molecule has 0 fully saturated rings. The van der Waals surface area contributed by atoms with Gasteiger partial charge in [-0.15, -0.1) is 11.3 Å². The standard InChI is InChI=1S/C26H22F6N2O4S/c1-5-38-24(37)19-14(4)20(22(36)33-18-7-6-12(2)8-13(18)3)39-23(19)34-21(35)15-9-16(25(27,28)29)11-17(10-15)26(30,31)32/h6-11H,5H2,1-4H3,(H,33,36)(H,34,35). The van der Waals surface area contributed by atoms with E-state index in [-0.39, 0.29) is 45.8 Å². The van der Waals surface area contributed by atoms with Crippen molar-refractivity contribution in [3.05, 3.63) is 80.2 Å². The molecule has 208 valence electrons. The quantitative estimate of drug-likeness (QED) is 0.238. The van der Waals surface area contributed by atoms with Crippen LogP contribution in [-0.4, -0.2) is 24.4 Å². The third-order valence-electron chi connectivity index (χ3n) is 5.54. The number of benzene rings is 2. The minimum Gasteiger partial charge on any atom is -0.462 e. The van der Waals surface area contributed by atoms with Gasteiger partial charge >= 0.3 is 18.3 Å². The summed E-state index contributed by atoms with van der Waals surface area (Å²) in [6, 6.07) is 5.70. The van der Waals surface area contributed by atoms with E-state index in [0.29, 0.717) is 17.0 Å². The van der Waals surface area contributed by atoms with Crippen LogP contribution in [0, 0.1) is 20.8 Å². The summed E-state index contributed by atoms with van der Waals surface area (Å²) < 4.78 is 84.5. The number of alkyl halides is 6. The van der Waals surface area contributed by atoms with E-state index in [1.807, 2.05) is 13.0 Å². The van der Waals surface area contributed by atoms with Crippen molar-refractivity contribution in [3.63, 3.8) is 0 Å². The van der Waals surface area contributed by atoms with Crippen LogP contribution in [0.5, 0.6) is 0 Å². The predicted octanol–water partition coefficient (Wildman–Crippen LogP) is 7.39. The van der Waals surface area contributed by atoms with Gasteiger partial charge in [-0.1, -0.05) is 17.7 Å². The van der Waals surface area contributed by atoms with Crippen molar-refractivity contribution in [3.8, 4) is 0 Å². The van der Waals surface area contributed by atoms with Gasteiger partial charge in [0, 0.05) is 11.3 Å². The lowest BCUT2D eigenvalue weighted by Gasteiger charge is -2.14. The molecule has 0 spiro atoms. The third-order valence-corrected chi connectivity index (χ3v) is 6.75. The van der Waals surface area contributed by atoms with Gasteiger partial charge in [0.2, 0.25) is 0 Å². The predicted molar refractivity (Wildman–Crippen MR) is 133 cm³/mol. The number of anilines is 2. The number of aryl methyl sites for hydroxylation is 2. The van der Waals surface area contributed by atoms with Crippen LogP contribution in [0.3, 0.4) is 0 Å². The highest BCUT2D eigenvalue weighted by Crippen LogP contribution is 2.38. The maximum Gasteiger partial charge on any atom is 0.416 e. The molecule has 0 saturated carbocycles. The molecule has 0 radical (unpaired) electrons. The van der Waals surface area contributed by atoms with Gasteiger partial charge in [-0.2, -0.15) is 26.3 Å². The monoisotopic (exact) mass is 572 g/mol. The first-order valence-corrected chi connectivity index (χ1v) is 12.1. The second kappa shape index (κ2) is 11.1. The summed E-state index contributed by atoms with van der Waals surface area (Å²) in [7, 11) is 0. The molecule has 3 rings (SSSR count). The van der Waals surface area contributed by atoms with Crippen LogP contribution in [0.4, 0.5) is 37.0 Å². The average Bonchev–Trinajstić information content (AvgIpc) is 3.15. The molecule has 1 aromatic heterocycles. The van der Waals surface area contributed by atoms with E-state index in [1.165, 1.54) is 13.8 Å². The van der Waals surface area contributed by atoms with Crippen molar-refractivity contribution in [2.24, 2.45) is 0 Å². The Kier molecular flexibility index (Phi) is 8.44. The Hall–Kier alpha value is -3.87. The summed E-state index contributed by atoms with van der Waals surface area (Å²) in [4.78, 5) is 38.6. The van der Waals surface area contributed by atoms with Gasteiger partial charge in [0.15, 0.2) is 0 Å². The van der Waals surface area contributed by atoms with Crippen LogP contribution in [-0.2, 0) is 17.1 Å². The molecule has 0 aliphatic heterocycles. The molecule has 0 bridgehead atoms. The summed E-state index contributed by atoms with van der Waals surface area (Å²) >= 11 is 0.630. The number of rotatable bonds is 6. The second-order valence-electron chi connectivity index (χ2n) is 8.50. The lowest BCUT2D eigenvalue weighted by molar-refractivity contribution is -0.143. The highest BCUT2D eigenvalue weighted by atomic mass is 32.1. The molecule has 6 nitrogen and oxygen atoms in total. The number of nitrogens with one attached hydrogen (secondary N) is 2. The highest BCUT2D eigenvalue weighted by Gasteiger charge is 2.38. The number of thiophene rings is 1. The van der Waals surface area contributed by atoms with E-state index in [2.05, 4.69) is 10.6 Å². The van der Waals surface area contributed by atoms with Gasteiger partial charge in [-0.05, 0) is 63.1 Å². The number of hydrogen-bond acceptors (Lipinski definition) is 5. The summed E-state index contributed by atoms with van der Waals surface area (Å²) in [5.74, 6) is -2.93. The molecule has 2 N–H and O–H groups in total. The zero-order valence-electron chi connectivity index (χ0n) is 21.0. The molecule has 1 heterocycles. The maximum absolute atomic E-state index is 13.3. The molecule has 0 atom stereocenters. The fourth-order valence-corrected chi connectivity index (χ4v) is 4.75. The Bertz CT molecular complexity index is 1410. The van der Waals surface area contributed by atoms with E-state index >= 15 is 0 Å². The van der Waals surface area contributed by atoms with Gasteiger partial charge in [-0.25, -0.2) is 4.79 Å². The van der Waals surface area contributed by atoms with Gasteiger partial charge < -0.3 is 15.4 Å². The van der Waals surface area contributed by atoms with Crippen molar-refractivity contribution < 1.29 is 45.5 Å². The minimum atomic E-state index is -5.16. The van der Waals surface area contributed by atoms with E-state index in [9.17, 15) is 40.7 Å². The second-order valence-corrected chi connectivity index (χ2v) is 9.52. The van der Waals surface area contributed by atoms with Crippen LogP contribution < -0.4 is 10.6 Å². The van der Waals surface area contributed by atoms with Crippen molar-refractivity contribution in [1.82, 2.24) is 0 Å². The Morgan fingerprint density at radius 3 is 1.95 bits per heavy atom. The van der Waals surface area contributed by atoms with Crippen LogP contribution in [0.15, 0.2) is 36.4 Å². The van der Waals surface area contributed by atoms with Crippen LogP contribution in [0.2, 0.25) is 0 Å². The molecule has 3 aromatic rings. The van der Waals surface area contributed by atoms with Crippen molar-refractivity contribution >= 4 is 39.8 Å². The number of amides is 2. The van der Waals surface area contributed by atoms with E-state index in [1.54, 1.807) is 19.1 Å². The largest absolute Gasteiger partial charge is 0.462 e. The maximum atomic E-state index is 13.3. The van der Waals surface area contributed by atoms with Gasteiger partial charge in [-0.3, -0.25) is 9.59 Å². The number of esters is 1. The van der Waals surface area contributed by atoms with E-state index in [4.69, 9.17) is 4.74 Å². The molecular weight excluding hydrogens is 550 g/mol. The smallest absolute Gasteiger partial charge is 0.416 e. The number of carbonyl (C=O) groups is 3. The molecule has 0 saturated heterocycles. The Labute approximate surface area is 223 Å². The molecular formula is C26H22F6N2O4S. The van der Waals surface area contributed by atoms with E-state index in [0.717, 1.165) is 11.1 Å². The van der Waals surface area contributed by atoms with Gasteiger partial charge in [0.05, 0.1) is 28.2 Å². The Balaban J connectivity index is 2.04. The average molecular weight is 573 g/mol. The molecule has 13 heteroatoms. The third kappa shape index (κ3) is 6.77. The first kappa shape index (κ1) is 29.7. The SMILES string of the molecule is CCOC(=O)c1c(NC(=O)c2cc(C(F)(F)F)cc(C(F)(F)F)c2)sc(C(=O)Nc2ccc(C)cc2C)c1C. The molecule has 0 aliphatic carbocycles. The van der Waals surface area contributed by atoms with Crippen LogP contribution in [0.25, 0.3) is 0 Å². The number of ether oxygens (including phenoxy) is 1. The van der Waals surface area contributed by atoms with Crippen molar-refractivity contribution in [2.75, 3.05) is 17.2 Å². The Morgan fingerprint density at radius 2 is 1.44 bits per heavy atom. The fourth-order valence-electron chi connectivity index (χ4n) is 3.66. The molecule has 2 aromatic carbocycles. The lowest BCUT2D eigenvalue weighted by Crippen LogP contribution is -2.18. The van der Waals surface area contributed by atoms with Gasteiger partial charge in [0.25, 0.3) is 11.8 Å². The zero-order chi connectivity index (χ0) is 29.3. The van der Waals surface area contributed by atoms with Gasteiger partial charge in [0.1, 0.15) is 5.00 Å². The number of carbonyl (C=O) groups excluding carboxylic acids is 3. The normalized spacial score (nSPS) is 11.7. The van der Waals surface area contributed by atoms with Crippen LogP contribution >= 0.6 is 11.3 Å². The van der Waals surface area contributed by atoms with Crippen molar-refractivity contribution in [2.45, 2.75) is 40.0 Å². The lowest BCUT2D eigenvalue weighted by atomic mass is 10.0. The topological polar surface area (TPSA) is 84.5 Å².